The first kappa shape index (κ1) is 17.0. The molecule has 7 nitrogen and oxygen atoms in total. The van der Waals surface area contributed by atoms with Crippen molar-refractivity contribution < 1.29 is 19.0 Å². The molecule has 2 aromatic rings. The number of rotatable bonds is 6. The number of methoxy groups -OCH3 is 1. The molecule has 2 heterocycles. The molecule has 0 saturated carbocycles. The number of hydrogen-bond donors (Lipinski definition) is 0. The summed E-state index contributed by atoms with van der Waals surface area (Å²) in [6, 6.07) is 8.96. The smallest absolute Gasteiger partial charge is 0.260 e. The van der Waals surface area contributed by atoms with Crippen molar-refractivity contribution >= 4 is 5.91 Å². The maximum absolute atomic E-state index is 12.3. The molecule has 0 unspecified atom stereocenters. The quantitative estimate of drug-likeness (QED) is 0.798. The van der Waals surface area contributed by atoms with Gasteiger partial charge in [0.05, 0.1) is 7.11 Å². The molecule has 0 atom stereocenters. The van der Waals surface area contributed by atoms with Gasteiger partial charge in [-0.3, -0.25) is 4.79 Å². The van der Waals surface area contributed by atoms with Gasteiger partial charge in [0.15, 0.2) is 6.61 Å². The van der Waals surface area contributed by atoms with Crippen LogP contribution in [0.5, 0.6) is 17.4 Å². The Morgan fingerprint density at radius 2 is 2.04 bits per heavy atom. The second-order valence-corrected chi connectivity index (χ2v) is 5.71. The fraction of sp³-hybridized carbons (Fsp3) is 0.389. The average Bonchev–Trinajstić information content (AvgIpc) is 2.67. The third kappa shape index (κ3) is 4.82. The fourth-order valence-electron chi connectivity index (χ4n) is 2.67. The lowest BCUT2D eigenvalue weighted by atomic mass is 10.1. The Kier molecular flexibility index (Phi) is 5.66. The Bertz CT molecular complexity index is 688. The van der Waals surface area contributed by atoms with Gasteiger partial charge in [-0.15, -0.1) is 0 Å². The van der Waals surface area contributed by atoms with Crippen molar-refractivity contribution in [2.75, 3.05) is 26.8 Å². The van der Waals surface area contributed by atoms with Gasteiger partial charge < -0.3 is 19.1 Å². The van der Waals surface area contributed by atoms with E-state index < -0.39 is 0 Å². The van der Waals surface area contributed by atoms with Crippen LogP contribution in [-0.2, 0) is 4.79 Å². The van der Waals surface area contributed by atoms with E-state index in [1.165, 1.54) is 6.33 Å². The number of piperidine rings is 1. The van der Waals surface area contributed by atoms with E-state index in [0.29, 0.717) is 30.5 Å². The molecule has 1 amide bonds. The third-order valence-corrected chi connectivity index (χ3v) is 4.04. The standard InChI is InChI=1S/C18H21N3O4/c1-23-15-3-2-4-16(11-15)24-12-18(22)21-9-6-14(7-10-21)25-17-5-8-19-13-20-17/h2-5,8,11,13-14H,6-7,9-10,12H2,1H3. The van der Waals surface area contributed by atoms with Crippen LogP contribution in [0.2, 0.25) is 0 Å². The van der Waals surface area contributed by atoms with Crippen LogP contribution in [0.3, 0.4) is 0 Å². The Morgan fingerprint density at radius 1 is 1.24 bits per heavy atom. The van der Waals surface area contributed by atoms with E-state index in [2.05, 4.69) is 9.97 Å². The third-order valence-electron chi connectivity index (χ3n) is 4.04. The average molecular weight is 343 g/mol. The van der Waals surface area contributed by atoms with Crippen LogP contribution in [0, 0.1) is 0 Å². The molecule has 0 radical (unpaired) electrons. The van der Waals surface area contributed by atoms with Crippen molar-refractivity contribution in [1.29, 1.82) is 0 Å². The highest BCUT2D eigenvalue weighted by molar-refractivity contribution is 5.77. The first-order valence-electron chi connectivity index (χ1n) is 8.22. The number of carbonyl (C=O) groups is 1. The minimum Gasteiger partial charge on any atom is -0.497 e. The largest absolute Gasteiger partial charge is 0.497 e. The molecule has 1 aliphatic rings. The highest BCUT2D eigenvalue weighted by atomic mass is 16.5. The van der Waals surface area contributed by atoms with Gasteiger partial charge in [0.1, 0.15) is 23.9 Å². The van der Waals surface area contributed by atoms with Gasteiger partial charge in [-0.05, 0) is 12.1 Å². The van der Waals surface area contributed by atoms with Crippen molar-refractivity contribution in [3.63, 3.8) is 0 Å². The van der Waals surface area contributed by atoms with Gasteiger partial charge in [-0.2, -0.15) is 0 Å². The minimum absolute atomic E-state index is 0.0185. The Labute approximate surface area is 146 Å². The summed E-state index contributed by atoms with van der Waals surface area (Å²) in [7, 11) is 1.60. The van der Waals surface area contributed by atoms with Crippen molar-refractivity contribution in [2.45, 2.75) is 18.9 Å². The molecule has 1 aromatic heterocycles. The lowest BCUT2D eigenvalue weighted by Gasteiger charge is -2.31. The maximum atomic E-state index is 12.3. The molecule has 1 saturated heterocycles. The Balaban J connectivity index is 1.43. The number of likely N-dealkylation sites (tertiary alicyclic amines) is 1. The van der Waals surface area contributed by atoms with E-state index in [0.717, 1.165) is 12.8 Å². The minimum atomic E-state index is -0.0247. The number of hydrogen-bond acceptors (Lipinski definition) is 6. The van der Waals surface area contributed by atoms with Crippen molar-refractivity contribution in [3.05, 3.63) is 42.9 Å². The Morgan fingerprint density at radius 3 is 2.76 bits per heavy atom. The number of benzene rings is 1. The molecule has 0 N–H and O–H groups in total. The maximum Gasteiger partial charge on any atom is 0.260 e. The Hall–Kier alpha value is -2.83. The number of nitrogens with zero attached hydrogens (tertiary/aromatic N) is 3. The van der Waals surface area contributed by atoms with Crippen LogP contribution in [0.25, 0.3) is 0 Å². The predicted molar refractivity (Wildman–Crippen MR) is 90.8 cm³/mol. The van der Waals surface area contributed by atoms with E-state index in [-0.39, 0.29) is 18.6 Å². The zero-order chi connectivity index (χ0) is 17.5. The summed E-state index contributed by atoms with van der Waals surface area (Å²) in [5.41, 5.74) is 0. The zero-order valence-corrected chi connectivity index (χ0v) is 14.1. The van der Waals surface area contributed by atoms with Crippen LogP contribution in [0.4, 0.5) is 0 Å². The van der Waals surface area contributed by atoms with E-state index in [4.69, 9.17) is 14.2 Å². The normalized spacial score (nSPS) is 14.8. The van der Waals surface area contributed by atoms with Crippen LogP contribution >= 0.6 is 0 Å². The molecule has 25 heavy (non-hydrogen) atoms. The van der Waals surface area contributed by atoms with E-state index in [9.17, 15) is 4.79 Å². The summed E-state index contributed by atoms with van der Waals surface area (Å²) in [4.78, 5) is 22.0. The van der Waals surface area contributed by atoms with Crippen molar-refractivity contribution in [1.82, 2.24) is 14.9 Å². The molecule has 132 valence electrons. The first-order valence-corrected chi connectivity index (χ1v) is 8.22. The van der Waals surface area contributed by atoms with Gasteiger partial charge in [-0.1, -0.05) is 6.07 Å². The lowest BCUT2D eigenvalue weighted by Crippen LogP contribution is -2.43. The number of ether oxygens (including phenoxy) is 3. The van der Waals surface area contributed by atoms with Crippen LogP contribution in [0.15, 0.2) is 42.9 Å². The SMILES string of the molecule is COc1cccc(OCC(=O)N2CCC(Oc3ccncn3)CC2)c1. The molecule has 3 rings (SSSR count). The van der Waals surface area contributed by atoms with Crippen LogP contribution < -0.4 is 14.2 Å². The molecular formula is C18H21N3O4. The van der Waals surface area contributed by atoms with Gasteiger partial charge in [0, 0.05) is 44.3 Å². The molecule has 1 aromatic carbocycles. The number of aromatic nitrogens is 2. The molecule has 0 spiro atoms. The van der Waals surface area contributed by atoms with Crippen molar-refractivity contribution in [3.8, 4) is 17.4 Å². The monoisotopic (exact) mass is 343 g/mol. The topological polar surface area (TPSA) is 73.8 Å². The second kappa shape index (κ2) is 8.32. The lowest BCUT2D eigenvalue weighted by molar-refractivity contribution is -0.135. The van der Waals surface area contributed by atoms with E-state index in [1.54, 1.807) is 36.4 Å². The molecule has 7 heteroatoms. The highest BCUT2D eigenvalue weighted by Gasteiger charge is 2.24. The van der Waals surface area contributed by atoms with E-state index in [1.807, 2.05) is 12.1 Å². The van der Waals surface area contributed by atoms with Gasteiger partial charge in [0.2, 0.25) is 5.88 Å². The van der Waals surface area contributed by atoms with Crippen molar-refractivity contribution in [2.24, 2.45) is 0 Å². The molecule has 0 bridgehead atoms. The van der Waals surface area contributed by atoms with Crippen LogP contribution in [-0.4, -0.2) is 53.7 Å². The first-order chi connectivity index (χ1) is 12.2. The number of carbonyl (C=O) groups excluding carboxylic acids is 1. The summed E-state index contributed by atoms with van der Waals surface area (Å²) in [5.74, 6) is 1.87. The van der Waals surface area contributed by atoms with Gasteiger partial charge in [-0.25, -0.2) is 9.97 Å². The zero-order valence-electron chi connectivity index (χ0n) is 14.1. The predicted octanol–water partition coefficient (Wildman–Crippen LogP) is 1.93. The summed E-state index contributed by atoms with van der Waals surface area (Å²) >= 11 is 0. The molecule has 0 aliphatic carbocycles. The number of amides is 1. The molecule has 1 fully saturated rings. The highest BCUT2D eigenvalue weighted by Crippen LogP contribution is 2.20. The van der Waals surface area contributed by atoms with Crippen LogP contribution in [0.1, 0.15) is 12.8 Å². The summed E-state index contributed by atoms with van der Waals surface area (Å²) in [6.45, 7) is 1.32. The fourth-order valence-corrected chi connectivity index (χ4v) is 2.67. The second-order valence-electron chi connectivity index (χ2n) is 5.71. The summed E-state index contributed by atoms with van der Waals surface area (Å²) in [5, 5.41) is 0. The summed E-state index contributed by atoms with van der Waals surface area (Å²) in [6.07, 6.45) is 4.73. The summed E-state index contributed by atoms with van der Waals surface area (Å²) < 4.78 is 16.5. The molecular weight excluding hydrogens is 322 g/mol. The van der Waals surface area contributed by atoms with Gasteiger partial charge >= 0.3 is 0 Å². The van der Waals surface area contributed by atoms with Gasteiger partial charge in [0.25, 0.3) is 5.91 Å². The van der Waals surface area contributed by atoms with E-state index >= 15 is 0 Å². The molecule has 1 aliphatic heterocycles.